The third kappa shape index (κ3) is 4.60. The second kappa shape index (κ2) is 6.89. The Labute approximate surface area is 126 Å². The standard InChI is InChI=1S/C13H16N6OS/c1-8-4-2-3-5-9(8)16-13-18-11(17-12(15)19-13)7-21-6-10(14)20/h2-5H,6-7H2,1H3,(H2,14,20)(H3,15,16,17,18,19). The zero-order valence-corrected chi connectivity index (χ0v) is 12.4. The Hall–Kier alpha value is -2.35. The van der Waals surface area contributed by atoms with Crippen LogP contribution < -0.4 is 16.8 Å². The molecule has 0 fully saturated rings. The highest BCUT2D eigenvalue weighted by molar-refractivity contribution is 7.99. The molecule has 1 aromatic carbocycles. The first kappa shape index (κ1) is 15.0. The van der Waals surface area contributed by atoms with Crippen molar-refractivity contribution in [3.8, 4) is 0 Å². The fraction of sp³-hybridized carbons (Fsp3) is 0.231. The number of anilines is 3. The molecule has 1 heterocycles. The summed E-state index contributed by atoms with van der Waals surface area (Å²) in [5, 5.41) is 3.11. The van der Waals surface area contributed by atoms with Crippen LogP contribution in [0, 0.1) is 6.92 Å². The number of rotatable bonds is 6. The molecule has 0 unspecified atom stereocenters. The molecular weight excluding hydrogens is 288 g/mol. The van der Waals surface area contributed by atoms with Gasteiger partial charge >= 0.3 is 0 Å². The second-order valence-electron chi connectivity index (χ2n) is 4.33. The molecule has 7 nitrogen and oxygen atoms in total. The summed E-state index contributed by atoms with van der Waals surface area (Å²) in [4.78, 5) is 23.1. The number of carbonyl (C=O) groups is 1. The van der Waals surface area contributed by atoms with E-state index < -0.39 is 0 Å². The normalized spacial score (nSPS) is 10.3. The molecule has 0 bridgehead atoms. The molecule has 0 saturated heterocycles. The molecule has 8 heteroatoms. The number of nitrogens with two attached hydrogens (primary N) is 2. The maximum absolute atomic E-state index is 10.7. The average molecular weight is 304 g/mol. The number of nitrogen functional groups attached to an aromatic ring is 1. The van der Waals surface area contributed by atoms with Gasteiger partial charge in [0.15, 0.2) is 0 Å². The van der Waals surface area contributed by atoms with Crippen LogP contribution in [0.15, 0.2) is 24.3 Å². The maximum Gasteiger partial charge on any atom is 0.232 e. The van der Waals surface area contributed by atoms with Gasteiger partial charge in [-0.1, -0.05) is 18.2 Å². The van der Waals surface area contributed by atoms with E-state index in [0.717, 1.165) is 11.3 Å². The fourth-order valence-electron chi connectivity index (χ4n) is 1.63. The summed E-state index contributed by atoms with van der Waals surface area (Å²) in [6, 6.07) is 7.78. The lowest BCUT2D eigenvalue weighted by Crippen LogP contribution is -2.13. The van der Waals surface area contributed by atoms with Gasteiger partial charge in [-0.15, -0.1) is 11.8 Å². The second-order valence-corrected chi connectivity index (χ2v) is 5.32. The number of hydrogen-bond acceptors (Lipinski definition) is 7. The molecule has 21 heavy (non-hydrogen) atoms. The summed E-state index contributed by atoms with van der Waals surface area (Å²) >= 11 is 1.33. The van der Waals surface area contributed by atoms with Crippen LogP contribution in [0.5, 0.6) is 0 Å². The van der Waals surface area contributed by atoms with E-state index in [0.29, 0.717) is 17.5 Å². The van der Waals surface area contributed by atoms with E-state index in [1.807, 2.05) is 31.2 Å². The Morgan fingerprint density at radius 2 is 2.05 bits per heavy atom. The van der Waals surface area contributed by atoms with E-state index in [9.17, 15) is 4.79 Å². The Morgan fingerprint density at radius 3 is 2.76 bits per heavy atom. The van der Waals surface area contributed by atoms with Gasteiger partial charge in [0.05, 0.1) is 11.5 Å². The fourth-order valence-corrected chi connectivity index (χ4v) is 2.25. The highest BCUT2D eigenvalue weighted by Crippen LogP contribution is 2.18. The number of nitrogens with one attached hydrogen (secondary N) is 1. The molecule has 0 aliphatic heterocycles. The number of thioether (sulfide) groups is 1. The van der Waals surface area contributed by atoms with Gasteiger partial charge in [-0.05, 0) is 18.6 Å². The number of hydrogen-bond donors (Lipinski definition) is 3. The third-order valence-electron chi connectivity index (χ3n) is 2.57. The minimum atomic E-state index is -0.375. The summed E-state index contributed by atoms with van der Waals surface area (Å²) in [5.74, 6) is 1.30. The lowest BCUT2D eigenvalue weighted by molar-refractivity contribution is -0.115. The number of primary amides is 1. The average Bonchev–Trinajstić information content (AvgIpc) is 2.40. The molecule has 0 radical (unpaired) electrons. The molecule has 2 aromatic rings. The Bertz CT molecular complexity index is 648. The van der Waals surface area contributed by atoms with Crippen LogP contribution in [0.1, 0.15) is 11.4 Å². The minimum Gasteiger partial charge on any atom is -0.369 e. The first-order valence-corrected chi connectivity index (χ1v) is 7.39. The number of aryl methyl sites for hydroxylation is 1. The van der Waals surface area contributed by atoms with E-state index in [1.165, 1.54) is 11.8 Å². The van der Waals surface area contributed by atoms with Crippen molar-refractivity contribution >= 4 is 35.3 Å². The third-order valence-corrected chi connectivity index (χ3v) is 3.52. The van der Waals surface area contributed by atoms with Gasteiger partial charge in [0, 0.05) is 5.69 Å². The predicted octanol–water partition coefficient (Wildman–Crippen LogP) is 1.22. The number of benzene rings is 1. The number of nitrogens with zero attached hydrogens (tertiary/aromatic N) is 3. The smallest absolute Gasteiger partial charge is 0.232 e. The van der Waals surface area contributed by atoms with E-state index >= 15 is 0 Å². The Kier molecular flexibility index (Phi) is 4.94. The van der Waals surface area contributed by atoms with Crippen molar-refractivity contribution in [2.24, 2.45) is 5.73 Å². The van der Waals surface area contributed by atoms with Crippen molar-refractivity contribution in [3.63, 3.8) is 0 Å². The van der Waals surface area contributed by atoms with Gasteiger partial charge in [-0.25, -0.2) is 0 Å². The number of carbonyl (C=O) groups excluding carboxylic acids is 1. The van der Waals surface area contributed by atoms with Crippen molar-refractivity contribution < 1.29 is 4.79 Å². The van der Waals surface area contributed by atoms with Crippen LogP contribution in [-0.4, -0.2) is 26.6 Å². The summed E-state index contributed by atoms with van der Waals surface area (Å²) in [5.41, 5.74) is 12.7. The maximum atomic E-state index is 10.7. The summed E-state index contributed by atoms with van der Waals surface area (Å²) in [7, 11) is 0. The quantitative estimate of drug-likeness (QED) is 0.734. The highest BCUT2D eigenvalue weighted by Gasteiger charge is 2.07. The van der Waals surface area contributed by atoms with Gasteiger partial charge in [0.1, 0.15) is 5.82 Å². The predicted molar refractivity (Wildman–Crippen MR) is 84.1 cm³/mol. The van der Waals surface area contributed by atoms with Crippen LogP contribution in [0.25, 0.3) is 0 Å². The first-order valence-electron chi connectivity index (χ1n) is 6.23. The minimum absolute atomic E-state index is 0.135. The number of para-hydroxylation sites is 1. The lowest BCUT2D eigenvalue weighted by Gasteiger charge is -2.09. The Morgan fingerprint density at radius 1 is 1.29 bits per heavy atom. The van der Waals surface area contributed by atoms with Crippen molar-refractivity contribution in [1.29, 1.82) is 0 Å². The molecule has 1 aromatic heterocycles. The topological polar surface area (TPSA) is 120 Å². The zero-order valence-electron chi connectivity index (χ0n) is 11.5. The molecule has 0 aliphatic rings. The summed E-state index contributed by atoms with van der Waals surface area (Å²) in [6.45, 7) is 1.98. The molecule has 2 rings (SSSR count). The molecule has 0 spiro atoms. The molecule has 0 aliphatic carbocycles. The van der Waals surface area contributed by atoms with Gasteiger partial charge in [0.2, 0.25) is 17.8 Å². The molecule has 110 valence electrons. The van der Waals surface area contributed by atoms with Crippen LogP contribution in [0.3, 0.4) is 0 Å². The van der Waals surface area contributed by atoms with Crippen molar-refractivity contribution in [1.82, 2.24) is 15.0 Å². The van der Waals surface area contributed by atoms with Crippen LogP contribution in [-0.2, 0) is 10.5 Å². The van der Waals surface area contributed by atoms with Crippen molar-refractivity contribution in [2.75, 3.05) is 16.8 Å². The van der Waals surface area contributed by atoms with E-state index in [-0.39, 0.29) is 17.6 Å². The van der Waals surface area contributed by atoms with Gasteiger partial charge < -0.3 is 16.8 Å². The molecular formula is C13H16N6OS. The number of aromatic nitrogens is 3. The van der Waals surface area contributed by atoms with E-state index in [4.69, 9.17) is 11.5 Å². The summed E-state index contributed by atoms with van der Waals surface area (Å²) < 4.78 is 0. The van der Waals surface area contributed by atoms with Crippen LogP contribution in [0.2, 0.25) is 0 Å². The molecule has 0 atom stereocenters. The van der Waals surface area contributed by atoms with Gasteiger partial charge in [-0.2, -0.15) is 15.0 Å². The lowest BCUT2D eigenvalue weighted by atomic mass is 10.2. The van der Waals surface area contributed by atoms with E-state index in [2.05, 4.69) is 20.3 Å². The molecule has 1 amide bonds. The Balaban J connectivity index is 2.11. The van der Waals surface area contributed by atoms with Crippen LogP contribution >= 0.6 is 11.8 Å². The largest absolute Gasteiger partial charge is 0.369 e. The highest BCUT2D eigenvalue weighted by atomic mass is 32.2. The van der Waals surface area contributed by atoms with Crippen molar-refractivity contribution in [2.45, 2.75) is 12.7 Å². The SMILES string of the molecule is Cc1ccccc1Nc1nc(N)nc(CSCC(N)=O)n1. The molecule has 0 saturated carbocycles. The monoisotopic (exact) mass is 304 g/mol. The van der Waals surface area contributed by atoms with Crippen LogP contribution in [0.4, 0.5) is 17.6 Å². The van der Waals surface area contributed by atoms with Crippen molar-refractivity contribution in [3.05, 3.63) is 35.7 Å². The summed E-state index contributed by atoms with van der Waals surface area (Å²) in [6.07, 6.45) is 0. The first-order chi connectivity index (χ1) is 10.0. The molecule has 5 N–H and O–H groups in total. The van der Waals surface area contributed by atoms with Gasteiger partial charge in [-0.3, -0.25) is 4.79 Å². The number of amides is 1. The van der Waals surface area contributed by atoms with Gasteiger partial charge in [0.25, 0.3) is 0 Å². The zero-order chi connectivity index (χ0) is 15.2. The van der Waals surface area contributed by atoms with E-state index in [1.54, 1.807) is 0 Å².